The molecular formula is C17H24N2O2. The summed E-state index contributed by atoms with van der Waals surface area (Å²) >= 11 is 0. The first-order valence-corrected chi connectivity index (χ1v) is 7.25. The van der Waals surface area contributed by atoms with Gasteiger partial charge in [-0.3, -0.25) is 0 Å². The fourth-order valence-electron chi connectivity index (χ4n) is 2.17. The Morgan fingerprint density at radius 2 is 1.86 bits per heavy atom. The summed E-state index contributed by atoms with van der Waals surface area (Å²) in [5, 5.41) is 3.35. The molecule has 21 heavy (non-hydrogen) atoms. The number of nitrogens with one attached hydrogen (secondary N) is 1. The Hall–Kier alpha value is -1.94. The number of benzene rings is 1. The molecule has 0 saturated carbocycles. The van der Waals surface area contributed by atoms with Crippen LogP contribution in [0.4, 0.5) is 5.69 Å². The summed E-state index contributed by atoms with van der Waals surface area (Å²) in [4.78, 5) is 2.12. The summed E-state index contributed by atoms with van der Waals surface area (Å²) in [6.45, 7) is 5.72. The Bertz CT molecular complexity index is 563. The van der Waals surface area contributed by atoms with E-state index in [4.69, 9.17) is 9.15 Å². The van der Waals surface area contributed by atoms with Gasteiger partial charge >= 0.3 is 0 Å². The van der Waals surface area contributed by atoms with Gasteiger partial charge in [-0.05, 0) is 24.3 Å². The van der Waals surface area contributed by atoms with Gasteiger partial charge in [-0.15, -0.1) is 0 Å². The first kappa shape index (κ1) is 15.4. The normalized spacial score (nSPS) is 10.9. The molecule has 0 amide bonds. The Kier molecular flexibility index (Phi) is 5.28. The first-order valence-electron chi connectivity index (χ1n) is 7.25. The number of rotatable bonds is 7. The van der Waals surface area contributed by atoms with Gasteiger partial charge in [0.15, 0.2) is 0 Å². The second-order valence-corrected chi connectivity index (χ2v) is 5.43. The number of furan rings is 1. The van der Waals surface area contributed by atoms with E-state index in [0.29, 0.717) is 12.6 Å². The zero-order chi connectivity index (χ0) is 15.2. The Labute approximate surface area is 126 Å². The molecule has 114 valence electrons. The Morgan fingerprint density at radius 1 is 1.14 bits per heavy atom. The minimum Gasteiger partial charge on any atom is -0.495 e. The topological polar surface area (TPSA) is 37.6 Å². The maximum absolute atomic E-state index is 5.85. The molecule has 0 aliphatic rings. The highest BCUT2D eigenvalue weighted by molar-refractivity contribution is 5.57. The van der Waals surface area contributed by atoms with Crippen molar-refractivity contribution in [2.75, 3.05) is 19.1 Å². The van der Waals surface area contributed by atoms with E-state index in [0.717, 1.165) is 29.5 Å². The molecule has 0 spiro atoms. The van der Waals surface area contributed by atoms with Crippen molar-refractivity contribution < 1.29 is 9.15 Å². The smallest absolute Gasteiger partial charge is 0.142 e. The zero-order valence-electron chi connectivity index (χ0n) is 13.2. The highest BCUT2D eigenvalue weighted by atomic mass is 16.5. The molecular weight excluding hydrogens is 264 g/mol. The Balaban J connectivity index is 2.01. The van der Waals surface area contributed by atoms with E-state index in [9.17, 15) is 0 Å². The molecule has 1 N–H and O–H groups in total. The minimum absolute atomic E-state index is 0.454. The lowest BCUT2D eigenvalue weighted by molar-refractivity contribution is 0.412. The lowest BCUT2D eigenvalue weighted by Gasteiger charge is -2.20. The van der Waals surface area contributed by atoms with Gasteiger partial charge < -0.3 is 19.4 Å². The van der Waals surface area contributed by atoms with Gasteiger partial charge in [0.05, 0.1) is 25.9 Å². The summed E-state index contributed by atoms with van der Waals surface area (Å²) in [5.74, 6) is 2.78. The van der Waals surface area contributed by atoms with Crippen LogP contribution >= 0.6 is 0 Å². The molecule has 0 bridgehead atoms. The van der Waals surface area contributed by atoms with Crippen molar-refractivity contribution in [3.8, 4) is 5.75 Å². The third kappa shape index (κ3) is 4.26. The third-order valence-electron chi connectivity index (χ3n) is 3.29. The van der Waals surface area contributed by atoms with E-state index in [1.54, 1.807) is 7.11 Å². The van der Waals surface area contributed by atoms with Gasteiger partial charge in [0.2, 0.25) is 0 Å². The molecule has 2 rings (SSSR count). The van der Waals surface area contributed by atoms with Crippen LogP contribution in [0, 0.1) is 0 Å². The van der Waals surface area contributed by atoms with Crippen molar-refractivity contribution in [2.24, 2.45) is 0 Å². The molecule has 4 nitrogen and oxygen atoms in total. The van der Waals surface area contributed by atoms with Gasteiger partial charge in [0, 0.05) is 13.1 Å². The summed E-state index contributed by atoms with van der Waals surface area (Å²) in [6.07, 6.45) is 0. The summed E-state index contributed by atoms with van der Waals surface area (Å²) in [5.41, 5.74) is 1.05. The molecule has 0 saturated heterocycles. The molecule has 0 aliphatic heterocycles. The van der Waals surface area contributed by atoms with Crippen LogP contribution < -0.4 is 15.0 Å². The third-order valence-corrected chi connectivity index (χ3v) is 3.29. The number of ether oxygens (including phenoxy) is 1. The fraction of sp³-hybridized carbons (Fsp3) is 0.412. The number of hydrogen-bond donors (Lipinski definition) is 1. The second-order valence-electron chi connectivity index (χ2n) is 5.43. The lowest BCUT2D eigenvalue weighted by Crippen LogP contribution is -2.21. The SMILES string of the molecule is COc1ccccc1N(C)Cc1ccc(CNC(C)C)o1. The average molecular weight is 288 g/mol. The first-order chi connectivity index (χ1) is 10.1. The average Bonchev–Trinajstić information content (AvgIpc) is 2.92. The maximum atomic E-state index is 5.85. The molecule has 0 atom stereocenters. The lowest BCUT2D eigenvalue weighted by atomic mass is 10.2. The molecule has 1 aromatic carbocycles. The number of para-hydroxylation sites is 2. The van der Waals surface area contributed by atoms with Crippen LogP contribution in [0.15, 0.2) is 40.8 Å². The van der Waals surface area contributed by atoms with E-state index >= 15 is 0 Å². The van der Waals surface area contributed by atoms with Crippen molar-refractivity contribution in [1.82, 2.24) is 5.32 Å². The second kappa shape index (κ2) is 7.18. The summed E-state index contributed by atoms with van der Waals surface area (Å²) in [6, 6.07) is 12.5. The largest absolute Gasteiger partial charge is 0.495 e. The van der Waals surface area contributed by atoms with Crippen LogP contribution in [0.5, 0.6) is 5.75 Å². The van der Waals surface area contributed by atoms with Crippen molar-refractivity contribution in [3.63, 3.8) is 0 Å². The summed E-state index contributed by atoms with van der Waals surface area (Å²) < 4.78 is 11.2. The fourth-order valence-corrected chi connectivity index (χ4v) is 2.17. The number of anilines is 1. The molecule has 1 aromatic heterocycles. The van der Waals surface area contributed by atoms with Crippen molar-refractivity contribution in [2.45, 2.75) is 33.0 Å². The monoisotopic (exact) mass is 288 g/mol. The number of hydrogen-bond acceptors (Lipinski definition) is 4. The molecule has 0 unspecified atom stereocenters. The van der Waals surface area contributed by atoms with Crippen LogP contribution in [-0.2, 0) is 13.1 Å². The standard InChI is InChI=1S/C17H24N2O2/c1-13(2)18-11-14-9-10-15(21-14)12-19(3)16-7-5-6-8-17(16)20-4/h5-10,13,18H,11-12H2,1-4H3. The van der Waals surface area contributed by atoms with Crippen molar-refractivity contribution in [3.05, 3.63) is 47.9 Å². The molecule has 0 radical (unpaired) electrons. The van der Waals surface area contributed by atoms with Crippen LogP contribution in [0.25, 0.3) is 0 Å². The number of nitrogens with zero attached hydrogens (tertiary/aromatic N) is 1. The minimum atomic E-state index is 0.454. The predicted octanol–water partition coefficient (Wildman–Crippen LogP) is 3.42. The van der Waals surface area contributed by atoms with E-state index < -0.39 is 0 Å². The predicted molar refractivity (Wildman–Crippen MR) is 85.8 cm³/mol. The van der Waals surface area contributed by atoms with Crippen LogP contribution in [0.2, 0.25) is 0 Å². The zero-order valence-corrected chi connectivity index (χ0v) is 13.2. The maximum Gasteiger partial charge on any atom is 0.142 e. The van der Waals surface area contributed by atoms with E-state index in [-0.39, 0.29) is 0 Å². The Morgan fingerprint density at radius 3 is 2.57 bits per heavy atom. The summed E-state index contributed by atoms with van der Waals surface area (Å²) in [7, 11) is 3.72. The van der Waals surface area contributed by atoms with Crippen LogP contribution in [0.3, 0.4) is 0 Å². The van der Waals surface area contributed by atoms with Gasteiger partial charge in [-0.1, -0.05) is 26.0 Å². The van der Waals surface area contributed by atoms with Gasteiger partial charge in [0.1, 0.15) is 17.3 Å². The van der Waals surface area contributed by atoms with Crippen LogP contribution in [-0.4, -0.2) is 20.2 Å². The van der Waals surface area contributed by atoms with Crippen molar-refractivity contribution in [1.29, 1.82) is 0 Å². The quantitative estimate of drug-likeness (QED) is 0.847. The van der Waals surface area contributed by atoms with Gasteiger partial charge in [-0.2, -0.15) is 0 Å². The molecule has 2 aromatic rings. The molecule has 1 heterocycles. The van der Waals surface area contributed by atoms with Gasteiger partial charge in [0.25, 0.3) is 0 Å². The highest BCUT2D eigenvalue weighted by Crippen LogP contribution is 2.27. The van der Waals surface area contributed by atoms with Gasteiger partial charge in [-0.25, -0.2) is 0 Å². The van der Waals surface area contributed by atoms with E-state index in [1.165, 1.54) is 0 Å². The number of methoxy groups -OCH3 is 1. The molecule has 0 aliphatic carbocycles. The van der Waals surface area contributed by atoms with E-state index in [2.05, 4.69) is 24.1 Å². The van der Waals surface area contributed by atoms with E-state index in [1.807, 2.05) is 43.4 Å². The highest BCUT2D eigenvalue weighted by Gasteiger charge is 2.10. The van der Waals surface area contributed by atoms with Crippen LogP contribution in [0.1, 0.15) is 25.4 Å². The molecule has 0 fully saturated rings. The molecule has 4 heteroatoms. The van der Waals surface area contributed by atoms with Crippen molar-refractivity contribution >= 4 is 5.69 Å².